The van der Waals surface area contributed by atoms with Gasteiger partial charge in [0.25, 0.3) is 0 Å². The zero-order valence-corrected chi connectivity index (χ0v) is 18.2. The van der Waals surface area contributed by atoms with Crippen LogP contribution in [0.2, 0.25) is 0 Å². The highest BCUT2D eigenvalue weighted by Crippen LogP contribution is 2.21. The molecule has 11 nitrogen and oxygen atoms in total. The molecule has 13 heteroatoms. The van der Waals surface area contributed by atoms with E-state index in [0.717, 1.165) is 5.56 Å². The number of halogens is 1. The Balaban J connectivity index is 1.51. The molecule has 2 heterocycles. The summed E-state index contributed by atoms with van der Waals surface area (Å²) in [5.41, 5.74) is 7.43. The van der Waals surface area contributed by atoms with Crippen LogP contribution in [0, 0.1) is 5.82 Å². The van der Waals surface area contributed by atoms with Gasteiger partial charge in [-0.15, -0.1) is 5.10 Å². The Kier molecular flexibility index (Phi) is 5.89. The molecule has 170 valence electrons. The number of anilines is 4. The van der Waals surface area contributed by atoms with Gasteiger partial charge < -0.3 is 16.4 Å². The molecule has 0 amide bonds. The van der Waals surface area contributed by atoms with Gasteiger partial charge in [-0.3, -0.25) is 0 Å². The van der Waals surface area contributed by atoms with Crippen molar-refractivity contribution in [2.45, 2.75) is 17.9 Å². The third kappa shape index (κ3) is 5.22. The number of nitrogens with zero attached hydrogens (tertiary/aromatic N) is 5. The van der Waals surface area contributed by atoms with Crippen molar-refractivity contribution in [3.05, 3.63) is 72.3 Å². The van der Waals surface area contributed by atoms with E-state index < -0.39 is 10.0 Å². The molecule has 0 aliphatic heterocycles. The Morgan fingerprint density at radius 1 is 1.06 bits per heavy atom. The van der Waals surface area contributed by atoms with Crippen LogP contribution in [0.15, 0.2) is 65.8 Å². The van der Waals surface area contributed by atoms with Gasteiger partial charge in [-0.2, -0.15) is 9.67 Å². The lowest BCUT2D eigenvalue weighted by Gasteiger charge is -2.15. The van der Waals surface area contributed by atoms with Crippen LogP contribution < -0.4 is 21.5 Å². The summed E-state index contributed by atoms with van der Waals surface area (Å²) in [6.07, 6.45) is 1.36. The summed E-state index contributed by atoms with van der Waals surface area (Å²) in [7, 11) is -3.78. The first-order valence-electron chi connectivity index (χ1n) is 9.66. The van der Waals surface area contributed by atoms with E-state index >= 15 is 0 Å². The summed E-state index contributed by atoms with van der Waals surface area (Å²) < 4.78 is 37.2. The molecule has 2 aromatic heterocycles. The maximum atomic E-state index is 13.2. The van der Waals surface area contributed by atoms with Crippen LogP contribution in [-0.2, 0) is 10.0 Å². The second kappa shape index (κ2) is 8.80. The van der Waals surface area contributed by atoms with Gasteiger partial charge in [0.1, 0.15) is 18.0 Å². The number of sulfonamides is 1. The van der Waals surface area contributed by atoms with Gasteiger partial charge in [0.2, 0.25) is 21.9 Å². The fourth-order valence-electron chi connectivity index (χ4n) is 3.00. The fourth-order valence-corrected chi connectivity index (χ4v) is 3.52. The molecule has 2 aromatic carbocycles. The molecule has 4 aromatic rings. The Labute approximate surface area is 188 Å². The Morgan fingerprint density at radius 3 is 2.42 bits per heavy atom. The Morgan fingerprint density at radius 2 is 1.76 bits per heavy atom. The van der Waals surface area contributed by atoms with Crippen LogP contribution in [0.5, 0.6) is 0 Å². The summed E-state index contributed by atoms with van der Waals surface area (Å²) in [4.78, 5) is 12.5. The number of primary sulfonamides is 1. The van der Waals surface area contributed by atoms with E-state index in [0.29, 0.717) is 17.3 Å². The van der Waals surface area contributed by atoms with Gasteiger partial charge in [0.15, 0.2) is 5.82 Å². The van der Waals surface area contributed by atoms with E-state index in [1.165, 1.54) is 47.4 Å². The smallest absolute Gasteiger partial charge is 0.248 e. The van der Waals surface area contributed by atoms with Gasteiger partial charge in [0, 0.05) is 17.8 Å². The van der Waals surface area contributed by atoms with E-state index in [9.17, 15) is 12.8 Å². The summed E-state index contributed by atoms with van der Waals surface area (Å²) in [6, 6.07) is 13.5. The van der Waals surface area contributed by atoms with E-state index in [1.807, 2.05) is 6.92 Å². The molecular formula is C20H20FN9O2S. The number of aromatic nitrogens is 5. The quantitative estimate of drug-likeness (QED) is 0.317. The predicted molar refractivity (Wildman–Crippen MR) is 121 cm³/mol. The molecule has 6 N–H and O–H groups in total. The van der Waals surface area contributed by atoms with Crippen molar-refractivity contribution < 1.29 is 12.8 Å². The largest absolute Gasteiger partial charge is 0.368 e. The standard InChI is InChI=1S/C20H20FN9O2S/c1-12(13-2-4-14(21)5-3-13)26-17-10-18(25-11-24-17)30-19(22)28-20(29-30)27-15-6-8-16(9-7-15)33(23,31)32/h2-12H,1H3,(H2,23,31,32)(H,24,25,26)(H3,22,27,28,29). The fraction of sp³-hybridized carbons (Fsp3) is 0.100. The lowest BCUT2D eigenvalue weighted by Crippen LogP contribution is -2.11. The number of rotatable bonds is 7. The van der Waals surface area contributed by atoms with Crippen LogP contribution in [-0.4, -0.2) is 33.2 Å². The normalized spacial score (nSPS) is 12.3. The van der Waals surface area contributed by atoms with E-state index in [2.05, 4.69) is 30.7 Å². The highest BCUT2D eigenvalue weighted by atomic mass is 32.2. The number of nitrogen functional groups attached to an aromatic ring is 1. The highest BCUT2D eigenvalue weighted by Gasteiger charge is 2.13. The number of benzene rings is 2. The van der Waals surface area contributed by atoms with E-state index in [-0.39, 0.29) is 28.7 Å². The molecule has 0 radical (unpaired) electrons. The van der Waals surface area contributed by atoms with Gasteiger partial charge >= 0.3 is 0 Å². The van der Waals surface area contributed by atoms with Gasteiger partial charge in [-0.25, -0.2) is 27.9 Å². The first-order chi connectivity index (χ1) is 15.7. The van der Waals surface area contributed by atoms with Crippen molar-refractivity contribution in [1.29, 1.82) is 0 Å². The third-order valence-corrected chi connectivity index (χ3v) is 5.60. The summed E-state index contributed by atoms with van der Waals surface area (Å²) in [6.45, 7) is 1.92. The third-order valence-electron chi connectivity index (χ3n) is 4.68. The minimum atomic E-state index is -3.78. The average Bonchev–Trinajstić information content (AvgIpc) is 3.14. The van der Waals surface area contributed by atoms with E-state index in [1.54, 1.807) is 18.2 Å². The molecular weight excluding hydrogens is 449 g/mol. The maximum Gasteiger partial charge on any atom is 0.248 e. The monoisotopic (exact) mass is 469 g/mol. The molecule has 0 bridgehead atoms. The molecule has 0 spiro atoms. The number of hydrogen-bond donors (Lipinski definition) is 4. The SMILES string of the molecule is CC(Nc1cc(-n2nc(Nc3ccc(S(N)(=O)=O)cc3)nc2N)ncn1)c1ccc(F)cc1. The lowest BCUT2D eigenvalue weighted by molar-refractivity contribution is 0.598. The molecule has 1 unspecified atom stereocenters. The first-order valence-corrected chi connectivity index (χ1v) is 11.2. The van der Waals surface area contributed by atoms with Crippen molar-refractivity contribution in [2.75, 3.05) is 16.4 Å². The highest BCUT2D eigenvalue weighted by molar-refractivity contribution is 7.89. The summed E-state index contributed by atoms with van der Waals surface area (Å²) in [5, 5.41) is 15.6. The van der Waals surface area contributed by atoms with Gasteiger partial charge in [0.05, 0.1) is 4.90 Å². The lowest BCUT2D eigenvalue weighted by atomic mass is 10.1. The molecule has 1 atom stereocenters. The van der Waals surface area contributed by atoms with Crippen molar-refractivity contribution in [3.8, 4) is 5.82 Å². The minimum absolute atomic E-state index is 0.0121. The molecule has 0 saturated heterocycles. The molecule has 4 rings (SSSR count). The van der Waals surface area contributed by atoms with Crippen molar-refractivity contribution in [2.24, 2.45) is 5.14 Å². The van der Waals surface area contributed by atoms with Gasteiger partial charge in [-0.1, -0.05) is 12.1 Å². The van der Waals surface area contributed by atoms with Crippen LogP contribution in [0.3, 0.4) is 0 Å². The molecule has 0 saturated carbocycles. The average molecular weight is 470 g/mol. The van der Waals surface area contributed by atoms with Crippen molar-refractivity contribution in [3.63, 3.8) is 0 Å². The van der Waals surface area contributed by atoms with E-state index in [4.69, 9.17) is 10.9 Å². The second-order valence-electron chi connectivity index (χ2n) is 7.08. The molecule has 0 fully saturated rings. The zero-order valence-electron chi connectivity index (χ0n) is 17.3. The number of nitrogens with one attached hydrogen (secondary N) is 2. The van der Waals surface area contributed by atoms with Crippen LogP contribution in [0.1, 0.15) is 18.5 Å². The molecule has 0 aliphatic rings. The summed E-state index contributed by atoms with van der Waals surface area (Å²) in [5.74, 6) is 0.849. The predicted octanol–water partition coefficient (Wildman–Crippen LogP) is 2.34. The maximum absolute atomic E-state index is 13.2. The van der Waals surface area contributed by atoms with Crippen molar-refractivity contribution >= 4 is 33.4 Å². The molecule has 0 aliphatic carbocycles. The Hall–Kier alpha value is -4.10. The number of nitrogens with two attached hydrogens (primary N) is 2. The topological polar surface area (TPSA) is 167 Å². The van der Waals surface area contributed by atoms with Crippen LogP contribution in [0.25, 0.3) is 5.82 Å². The zero-order chi connectivity index (χ0) is 23.6. The van der Waals surface area contributed by atoms with Crippen LogP contribution >= 0.6 is 0 Å². The first kappa shape index (κ1) is 22.1. The minimum Gasteiger partial charge on any atom is -0.368 e. The number of hydrogen-bond acceptors (Lipinski definition) is 9. The molecule has 33 heavy (non-hydrogen) atoms. The van der Waals surface area contributed by atoms with Crippen LogP contribution in [0.4, 0.5) is 27.8 Å². The second-order valence-corrected chi connectivity index (χ2v) is 8.64. The Bertz CT molecular complexity index is 1370. The van der Waals surface area contributed by atoms with Crippen molar-refractivity contribution in [1.82, 2.24) is 24.7 Å². The summed E-state index contributed by atoms with van der Waals surface area (Å²) >= 11 is 0. The van der Waals surface area contributed by atoms with Gasteiger partial charge in [-0.05, 0) is 48.9 Å².